The molecule has 0 fully saturated rings. The lowest BCUT2D eigenvalue weighted by molar-refractivity contribution is 0.102. The second kappa shape index (κ2) is 9.62. The molecule has 0 unspecified atom stereocenters. The van der Waals surface area contributed by atoms with Crippen molar-refractivity contribution in [3.05, 3.63) is 52.5 Å². The van der Waals surface area contributed by atoms with Crippen LogP contribution in [0, 0.1) is 11.8 Å². The lowest BCUT2D eigenvalue weighted by atomic mass is 10.1. The van der Waals surface area contributed by atoms with Gasteiger partial charge in [0, 0.05) is 10.2 Å². The number of hydrogen-bond acceptors (Lipinski definition) is 3. The number of hydrogen-bond donors (Lipinski definition) is 1. The molecule has 0 aliphatic heterocycles. The summed E-state index contributed by atoms with van der Waals surface area (Å²) in [4.78, 5) is 12.7. The molecule has 0 aromatic heterocycles. The maximum atomic E-state index is 12.7. The van der Waals surface area contributed by atoms with Gasteiger partial charge >= 0.3 is 0 Å². The third-order valence-electron chi connectivity index (χ3n) is 3.45. The summed E-state index contributed by atoms with van der Waals surface area (Å²) in [6, 6.07) is 12.8. The van der Waals surface area contributed by atoms with Gasteiger partial charge in [-0.25, -0.2) is 0 Å². The zero-order valence-electron chi connectivity index (χ0n) is 15.7. The molecular weight excluding hydrogens is 394 g/mol. The maximum absolute atomic E-state index is 12.7. The van der Waals surface area contributed by atoms with Gasteiger partial charge in [-0.2, -0.15) is 0 Å². The average molecular weight is 420 g/mol. The highest BCUT2D eigenvalue weighted by Crippen LogP contribution is 2.25. The van der Waals surface area contributed by atoms with Gasteiger partial charge in [0.05, 0.1) is 18.8 Å². The quantitative estimate of drug-likeness (QED) is 0.590. The van der Waals surface area contributed by atoms with Gasteiger partial charge in [0.15, 0.2) is 0 Å². The van der Waals surface area contributed by atoms with Crippen LogP contribution < -0.4 is 14.8 Å². The van der Waals surface area contributed by atoms with Crippen LogP contribution in [0.2, 0.25) is 0 Å². The van der Waals surface area contributed by atoms with Crippen molar-refractivity contribution in [2.24, 2.45) is 11.8 Å². The highest BCUT2D eigenvalue weighted by atomic mass is 79.9. The monoisotopic (exact) mass is 419 g/mol. The van der Waals surface area contributed by atoms with E-state index in [4.69, 9.17) is 9.47 Å². The summed E-state index contributed by atoms with van der Waals surface area (Å²) in [5.41, 5.74) is 1.21. The molecule has 0 atom stereocenters. The number of carbonyl (C=O) groups excluding carboxylic acids is 1. The zero-order chi connectivity index (χ0) is 19.1. The van der Waals surface area contributed by atoms with Crippen LogP contribution in [0.25, 0.3) is 0 Å². The molecule has 0 spiro atoms. The van der Waals surface area contributed by atoms with Crippen molar-refractivity contribution in [3.63, 3.8) is 0 Å². The Labute approximate surface area is 164 Å². The highest BCUT2D eigenvalue weighted by Gasteiger charge is 2.14. The van der Waals surface area contributed by atoms with Gasteiger partial charge in [0.2, 0.25) is 0 Å². The van der Waals surface area contributed by atoms with Crippen molar-refractivity contribution in [3.8, 4) is 11.5 Å². The highest BCUT2D eigenvalue weighted by molar-refractivity contribution is 9.10. The minimum absolute atomic E-state index is 0.207. The van der Waals surface area contributed by atoms with Crippen molar-refractivity contribution in [1.29, 1.82) is 0 Å². The van der Waals surface area contributed by atoms with Crippen LogP contribution in [0.4, 0.5) is 5.69 Å². The molecule has 2 aromatic rings. The molecule has 2 rings (SSSR count). The van der Waals surface area contributed by atoms with E-state index in [1.54, 1.807) is 6.07 Å². The molecule has 0 aliphatic carbocycles. The number of ether oxygens (including phenoxy) is 2. The first kappa shape index (κ1) is 20.3. The van der Waals surface area contributed by atoms with E-state index in [1.165, 1.54) is 0 Å². The van der Waals surface area contributed by atoms with Crippen molar-refractivity contribution < 1.29 is 14.3 Å². The molecule has 1 amide bonds. The van der Waals surface area contributed by atoms with Gasteiger partial charge in [0.25, 0.3) is 5.91 Å². The van der Waals surface area contributed by atoms with E-state index in [2.05, 4.69) is 48.9 Å². The van der Waals surface area contributed by atoms with Crippen molar-refractivity contribution in [2.75, 3.05) is 18.5 Å². The SMILES string of the molecule is CC(C)COc1ccc(NC(=O)c2cc(Br)ccc2OCC(C)C)cc1. The standard InChI is InChI=1S/C21H26BrNO3/c1-14(2)12-25-18-8-6-17(7-9-18)23-21(24)19-11-16(22)5-10-20(19)26-13-15(3)4/h5-11,14-15H,12-13H2,1-4H3,(H,23,24). The summed E-state index contributed by atoms with van der Waals surface area (Å²) in [5, 5.41) is 2.91. The summed E-state index contributed by atoms with van der Waals surface area (Å²) in [5.74, 6) is 2.01. The number of anilines is 1. The van der Waals surface area contributed by atoms with Gasteiger partial charge < -0.3 is 14.8 Å². The van der Waals surface area contributed by atoms with Gasteiger partial charge in [-0.15, -0.1) is 0 Å². The number of rotatable bonds is 8. The van der Waals surface area contributed by atoms with Crippen LogP contribution in [0.3, 0.4) is 0 Å². The Hall–Kier alpha value is -2.01. The Morgan fingerprint density at radius 2 is 1.58 bits per heavy atom. The Morgan fingerprint density at radius 3 is 2.19 bits per heavy atom. The van der Waals surface area contributed by atoms with E-state index in [1.807, 2.05) is 36.4 Å². The lowest BCUT2D eigenvalue weighted by Gasteiger charge is -2.14. The Kier molecular flexibility index (Phi) is 7.51. The van der Waals surface area contributed by atoms with E-state index in [0.717, 1.165) is 10.2 Å². The summed E-state index contributed by atoms with van der Waals surface area (Å²) in [7, 11) is 0. The van der Waals surface area contributed by atoms with Gasteiger partial charge in [-0.3, -0.25) is 4.79 Å². The minimum Gasteiger partial charge on any atom is -0.493 e. The van der Waals surface area contributed by atoms with Crippen molar-refractivity contribution in [1.82, 2.24) is 0 Å². The fraction of sp³-hybridized carbons (Fsp3) is 0.381. The summed E-state index contributed by atoms with van der Waals surface area (Å²) < 4.78 is 12.3. The molecule has 140 valence electrons. The van der Waals surface area contributed by atoms with E-state index < -0.39 is 0 Å². The lowest BCUT2D eigenvalue weighted by Crippen LogP contribution is -2.15. The molecule has 1 N–H and O–H groups in total. The van der Waals surface area contributed by atoms with Crippen LogP contribution in [-0.4, -0.2) is 19.1 Å². The molecule has 5 heteroatoms. The average Bonchev–Trinajstić information content (AvgIpc) is 2.59. The van der Waals surface area contributed by atoms with Gasteiger partial charge in [0.1, 0.15) is 11.5 Å². The van der Waals surface area contributed by atoms with Gasteiger partial charge in [-0.1, -0.05) is 43.6 Å². The molecule has 2 aromatic carbocycles. The van der Waals surface area contributed by atoms with E-state index in [9.17, 15) is 4.79 Å². The van der Waals surface area contributed by atoms with E-state index >= 15 is 0 Å². The predicted octanol–water partition coefficient (Wildman–Crippen LogP) is 5.77. The number of benzene rings is 2. The first-order valence-corrected chi connectivity index (χ1v) is 9.61. The fourth-order valence-corrected chi connectivity index (χ4v) is 2.52. The fourth-order valence-electron chi connectivity index (χ4n) is 2.16. The number of nitrogens with one attached hydrogen (secondary N) is 1. The Balaban J connectivity index is 2.08. The summed E-state index contributed by atoms with van der Waals surface area (Å²) in [6.45, 7) is 9.57. The molecule has 0 saturated heterocycles. The largest absolute Gasteiger partial charge is 0.493 e. The van der Waals surface area contributed by atoms with Crippen LogP contribution in [0.15, 0.2) is 46.9 Å². The molecule has 0 bridgehead atoms. The number of amides is 1. The van der Waals surface area contributed by atoms with Crippen LogP contribution in [0.5, 0.6) is 11.5 Å². The molecular formula is C21H26BrNO3. The third-order valence-corrected chi connectivity index (χ3v) is 3.95. The van der Waals surface area contributed by atoms with E-state index in [-0.39, 0.29) is 5.91 Å². The molecule has 0 saturated carbocycles. The number of carbonyl (C=O) groups is 1. The molecule has 0 aliphatic rings. The normalized spacial score (nSPS) is 10.9. The second-order valence-electron chi connectivity index (χ2n) is 7.03. The summed E-state index contributed by atoms with van der Waals surface area (Å²) >= 11 is 3.42. The third kappa shape index (κ3) is 6.37. The topological polar surface area (TPSA) is 47.6 Å². The zero-order valence-corrected chi connectivity index (χ0v) is 17.3. The van der Waals surface area contributed by atoms with Crippen LogP contribution in [0.1, 0.15) is 38.1 Å². The van der Waals surface area contributed by atoms with Crippen LogP contribution >= 0.6 is 15.9 Å². The maximum Gasteiger partial charge on any atom is 0.259 e. The second-order valence-corrected chi connectivity index (χ2v) is 7.94. The first-order valence-electron chi connectivity index (χ1n) is 8.81. The molecule has 0 radical (unpaired) electrons. The molecule has 4 nitrogen and oxygen atoms in total. The number of halogens is 1. The van der Waals surface area contributed by atoms with Crippen molar-refractivity contribution in [2.45, 2.75) is 27.7 Å². The minimum atomic E-state index is -0.207. The Morgan fingerprint density at radius 1 is 0.962 bits per heavy atom. The summed E-state index contributed by atoms with van der Waals surface area (Å²) in [6.07, 6.45) is 0. The smallest absolute Gasteiger partial charge is 0.259 e. The van der Waals surface area contributed by atoms with Gasteiger partial charge in [-0.05, 0) is 54.3 Å². The predicted molar refractivity (Wildman–Crippen MR) is 109 cm³/mol. The molecule has 26 heavy (non-hydrogen) atoms. The van der Waals surface area contributed by atoms with Crippen LogP contribution in [-0.2, 0) is 0 Å². The van der Waals surface area contributed by atoms with Crippen molar-refractivity contribution >= 4 is 27.5 Å². The Bertz CT molecular complexity index is 727. The molecule has 0 heterocycles. The first-order chi connectivity index (χ1) is 12.3. The van der Waals surface area contributed by atoms with E-state index in [0.29, 0.717) is 42.0 Å².